The number of benzene rings is 1. The van der Waals surface area contributed by atoms with Crippen LogP contribution in [0.1, 0.15) is 19.0 Å². The number of pyridine rings is 1. The standard InChI is InChI=1S/C22H24N6O2/c1-13(29)12-30-17-6-18(22-19(8-23)26-27(2)20(22)7-17)14-3-4-21(24-9-14)28-10-15-5-16(11-28)25-15/h3-4,6-7,9,13,15-16,25,29H,5,10-12H2,1-2H3. The van der Waals surface area contributed by atoms with Crippen molar-refractivity contribution >= 4 is 16.7 Å². The first-order valence-electron chi connectivity index (χ1n) is 10.2. The SMILES string of the molecule is CC(O)COc1cc(-c2ccc(N3CC4CC(C3)N4)nc2)c2c(C#N)nn(C)c2c1. The Kier molecular flexibility index (Phi) is 4.57. The van der Waals surface area contributed by atoms with Crippen molar-refractivity contribution in [2.75, 3.05) is 24.6 Å². The van der Waals surface area contributed by atoms with Gasteiger partial charge in [0.05, 0.1) is 11.6 Å². The first-order chi connectivity index (χ1) is 14.5. The normalized spacial score (nSPS) is 21.2. The van der Waals surface area contributed by atoms with Crippen LogP contribution in [0.5, 0.6) is 5.75 Å². The van der Waals surface area contributed by atoms with Crippen LogP contribution in [-0.4, -0.2) is 57.8 Å². The van der Waals surface area contributed by atoms with E-state index in [9.17, 15) is 10.4 Å². The van der Waals surface area contributed by atoms with Gasteiger partial charge in [-0.1, -0.05) is 0 Å². The summed E-state index contributed by atoms with van der Waals surface area (Å²) in [5.74, 6) is 1.59. The van der Waals surface area contributed by atoms with Crippen LogP contribution in [-0.2, 0) is 7.05 Å². The number of hydrogen-bond donors (Lipinski definition) is 2. The largest absolute Gasteiger partial charge is 0.491 e. The van der Waals surface area contributed by atoms with Gasteiger partial charge in [0.25, 0.3) is 0 Å². The molecule has 2 N–H and O–H groups in total. The molecule has 3 fully saturated rings. The Hall–Kier alpha value is -3.15. The summed E-state index contributed by atoms with van der Waals surface area (Å²) in [4.78, 5) is 7.04. The highest BCUT2D eigenvalue weighted by molar-refractivity contribution is 5.99. The number of nitrogens with one attached hydrogen (secondary N) is 1. The topological polar surface area (TPSA) is 99.2 Å². The van der Waals surface area contributed by atoms with Crippen molar-refractivity contribution < 1.29 is 9.84 Å². The molecule has 2 aromatic heterocycles. The zero-order valence-electron chi connectivity index (χ0n) is 17.0. The Morgan fingerprint density at radius 1 is 1.33 bits per heavy atom. The number of aliphatic hydroxyl groups is 1. The van der Waals surface area contributed by atoms with Crippen molar-refractivity contribution in [1.29, 1.82) is 5.26 Å². The zero-order chi connectivity index (χ0) is 20.8. The maximum absolute atomic E-state index is 9.59. The average Bonchev–Trinajstić information content (AvgIpc) is 3.07. The van der Waals surface area contributed by atoms with Gasteiger partial charge in [-0.3, -0.25) is 4.68 Å². The first-order valence-corrected chi connectivity index (χ1v) is 10.2. The molecule has 0 aliphatic carbocycles. The van der Waals surface area contributed by atoms with Gasteiger partial charge >= 0.3 is 0 Å². The molecule has 0 spiro atoms. The van der Waals surface area contributed by atoms with E-state index in [1.165, 1.54) is 6.42 Å². The number of nitrogens with zero attached hydrogens (tertiary/aromatic N) is 5. The fraction of sp³-hybridized carbons (Fsp3) is 0.409. The number of piperidine rings is 1. The molecule has 8 heteroatoms. The Bertz CT molecular complexity index is 1120. The molecule has 154 valence electrons. The van der Waals surface area contributed by atoms with Crippen molar-refractivity contribution in [3.8, 4) is 22.9 Å². The maximum atomic E-state index is 9.59. The van der Waals surface area contributed by atoms with Crippen molar-refractivity contribution in [2.24, 2.45) is 7.05 Å². The highest BCUT2D eigenvalue weighted by atomic mass is 16.5. The lowest BCUT2D eigenvalue weighted by atomic mass is 9.91. The minimum absolute atomic E-state index is 0.191. The summed E-state index contributed by atoms with van der Waals surface area (Å²) in [6.45, 7) is 3.84. The first kappa shape index (κ1) is 18.9. The lowest BCUT2D eigenvalue weighted by Gasteiger charge is -2.48. The summed E-state index contributed by atoms with van der Waals surface area (Å²) in [7, 11) is 1.81. The predicted molar refractivity (Wildman–Crippen MR) is 113 cm³/mol. The summed E-state index contributed by atoms with van der Waals surface area (Å²) in [5.41, 5.74) is 2.92. The van der Waals surface area contributed by atoms with E-state index in [-0.39, 0.29) is 6.61 Å². The molecule has 1 aromatic carbocycles. The second-order valence-electron chi connectivity index (χ2n) is 8.22. The van der Waals surface area contributed by atoms with E-state index < -0.39 is 6.10 Å². The van der Waals surface area contributed by atoms with Gasteiger partial charge in [-0.2, -0.15) is 10.4 Å². The molecular formula is C22H24N6O2. The van der Waals surface area contributed by atoms with E-state index in [4.69, 9.17) is 9.72 Å². The van der Waals surface area contributed by atoms with Crippen LogP contribution in [0.3, 0.4) is 0 Å². The third kappa shape index (κ3) is 3.26. The number of nitriles is 1. The van der Waals surface area contributed by atoms with Gasteiger partial charge in [0.2, 0.25) is 0 Å². The van der Waals surface area contributed by atoms with Gasteiger partial charge < -0.3 is 20.1 Å². The van der Waals surface area contributed by atoms with Crippen molar-refractivity contribution in [3.63, 3.8) is 0 Å². The zero-order valence-corrected chi connectivity index (χ0v) is 17.0. The monoisotopic (exact) mass is 404 g/mol. The van der Waals surface area contributed by atoms with E-state index in [1.54, 1.807) is 11.6 Å². The molecule has 3 atom stereocenters. The van der Waals surface area contributed by atoms with Crippen molar-refractivity contribution in [2.45, 2.75) is 31.5 Å². The van der Waals surface area contributed by atoms with E-state index in [1.807, 2.05) is 37.5 Å². The smallest absolute Gasteiger partial charge is 0.170 e. The van der Waals surface area contributed by atoms with Gasteiger partial charge in [0, 0.05) is 55.4 Å². The van der Waals surface area contributed by atoms with E-state index in [0.29, 0.717) is 23.5 Å². The van der Waals surface area contributed by atoms with Crippen LogP contribution in [0.25, 0.3) is 22.0 Å². The van der Waals surface area contributed by atoms with Crippen LogP contribution in [0, 0.1) is 11.3 Å². The summed E-state index contributed by atoms with van der Waals surface area (Å²) in [6.07, 6.45) is 2.53. The average molecular weight is 404 g/mol. The molecule has 3 aliphatic heterocycles. The molecule has 3 unspecified atom stereocenters. The van der Waals surface area contributed by atoms with Crippen LogP contribution in [0.15, 0.2) is 30.5 Å². The van der Waals surface area contributed by atoms with Gasteiger partial charge in [-0.05, 0) is 37.1 Å². The molecule has 3 aliphatic rings. The number of aryl methyl sites for hydroxylation is 1. The quantitative estimate of drug-likeness (QED) is 0.669. The third-order valence-corrected chi connectivity index (χ3v) is 5.83. The summed E-state index contributed by atoms with van der Waals surface area (Å²) < 4.78 is 7.44. The molecule has 30 heavy (non-hydrogen) atoms. The Morgan fingerprint density at radius 3 is 2.73 bits per heavy atom. The van der Waals surface area contributed by atoms with Crippen molar-refractivity contribution in [1.82, 2.24) is 20.1 Å². The number of aliphatic hydroxyl groups excluding tert-OH is 1. The minimum atomic E-state index is -0.573. The van der Waals surface area contributed by atoms with Crippen molar-refractivity contribution in [3.05, 3.63) is 36.2 Å². The number of rotatable bonds is 5. The van der Waals surface area contributed by atoms with E-state index >= 15 is 0 Å². The molecular weight excluding hydrogens is 380 g/mol. The van der Waals surface area contributed by atoms with Crippen LogP contribution in [0.4, 0.5) is 5.82 Å². The lowest BCUT2D eigenvalue weighted by Crippen LogP contribution is -2.67. The summed E-state index contributed by atoms with van der Waals surface area (Å²) in [6, 6.07) is 11.2. The molecule has 3 aromatic rings. The second-order valence-corrected chi connectivity index (χ2v) is 8.22. The second kappa shape index (κ2) is 7.27. The molecule has 2 bridgehead atoms. The lowest BCUT2D eigenvalue weighted by molar-refractivity contribution is 0.123. The number of fused-ring (bicyclic) bond motifs is 3. The maximum Gasteiger partial charge on any atom is 0.170 e. The fourth-order valence-corrected chi connectivity index (χ4v) is 4.40. The number of hydrogen-bond acceptors (Lipinski definition) is 7. The van der Waals surface area contributed by atoms with Gasteiger partial charge in [-0.15, -0.1) is 0 Å². The molecule has 5 heterocycles. The third-order valence-electron chi connectivity index (χ3n) is 5.83. The molecule has 3 saturated heterocycles. The van der Waals surface area contributed by atoms with E-state index in [0.717, 1.165) is 40.9 Å². The number of aromatic nitrogens is 3. The number of ether oxygens (including phenoxy) is 1. The number of anilines is 1. The Balaban J connectivity index is 1.54. The van der Waals surface area contributed by atoms with E-state index in [2.05, 4.69) is 21.4 Å². The minimum Gasteiger partial charge on any atom is -0.491 e. The van der Waals surface area contributed by atoms with Gasteiger partial charge in [0.1, 0.15) is 24.2 Å². The molecule has 6 rings (SSSR count). The summed E-state index contributed by atoms with van der Waals surface area (Å²) in [5, 5.41) is 27.8. The van der Waals surface area contributed by atoms with Crippen LogP contribution < -0.4 is 15.0 Å². The van der Waals surface area contributed by atoms with Gasteiger partial charge in [-0.25, -0.2) is 4.98 Å². The van der Waals surface area contributed by atoms with Crippen LogP contribution in [0.2, 0.25) is 0 Å². The van der Waals surface area contributed by atoms with Gasteiger partial charge in [0.15, 0.2) is 5.69 Å². The molecule has 8 nitrogen and oxygen atoms in total. The number of piperazine rings is 1. The predicted octanol–water partition coefficient (Wildman–Crippen LogP) is 1.82. The highest BCUT2D eigenvalue weighted by Crippen LogP contribution is 2.35. The molecule has 0 amide bonds. The molecule has 0 radical (unpaired) electrons. The molecule has 0 saturated carbocycles. The fourth-order valence-electron chi connectivity index (χ4n) is 4.40. The van der Waals surface area contributed by atoms with Crippen LogP contribution >= 0.6 is 0 Å². The Morgan fingerprint density at radius 2 is 2.10 bits per heavy atom. The highest BCUT2D eigenvalue weighted by Gasteiger charge is 2.36. The summed E-state index contributed by atoms with van der Waals surface area (Å²) >= 11 is 0. The Labute approximate surface area is 174 Å².